The summed E-state index contributed by atoms with van der Waals surface area (Å²) in [5.41, 5.74) is 0.785. The average molecular weight is 223 g/mol. The lowest BCUT2D eigenvalue weighted by molar-refractivity contribution is 0.598. The summed E-state index contributed by atoms with van der Waals surface area (Å²) in [6.07, 6.45) is 2.60. The van der Waals surface area contributed by atoms with Crippen LogP contribution in [-0.2, 0) is 10.0 Å². The molecule has 2 aromatic rings. The SMILES string of the molecule is NS(=O)(=O)c1cnn(-c2ccccc2)c1. The number of rotatable bonds is 2. The molecule has 78 valence electrons. The Balaban J connectivity index is 2.46. The number of sulfonamides is 1. The van der Waals surface area contributed by atoms with Gasteiger partial charge in [0, 0.05) is 0 Å². The lowest BCUT2D eigenvalue weighted by Crippen LogP contribution is -2.11. The number of nitrogens with two attached hydrogens (primary N) is 1. The third-order valence-corrected chi connectivity index (χ3v) is 2.78. The molecule has 1 heterocycles. The number of aromatic nitrogens is 2. The predicted molar refractivity (Wildman–Crippen MR) is 54.9 cm³/mol. The first-order chi connectivity index (χ1) is 7.07. The van der Waals surface area contributed by atoms with E-state index in [4.69, 9.17) is 5.14 Å². The molecule has 2 rings (SSSR count). The van der Waals surface area contributed by atoms with Crippen LogP contribution in [0.2, 0.25) is 0 Å². The highest BCUT2D eigenvalue weighted by Gasteiger charge is 2.10. The highest BCUT2D eigenvalue weighted by molar-refractivity contribution is 7.89. The summed E-state index contributed by atoms with van der Waals surface area (Å²) in [7, 11) is -3.67. The number of hydrogen-bond donors (Lipinski definition) is 1. The highest BCUT2D eigenvalue weighted by atomic mass is 32.2. The first kappa shape index (κ1) is 9.88. The lowest BCUT2D eigenvalue weighted by atomic mass is 10.3. The van der Waals surface area contributed by atoms with Crippen molar-refractivity contribution < 1.29 is 8.42 Å². The highest BCUT2D eigenvalue weighted by Crippen LogP contribution is 2.10. The molecule has 0 aliphatic carbocycles. The molecular weight excluding hydrogens is 214 g/mol. The number of benzene rings is 1. The third-order valence-electron chi connectivity index (χ3n) is 1.91. The summed E-state index contributed by atoms with van der Waals surface area (Å²) in [6, 6.07) is 9.19. The molecule has 0 spiro atoms. The van der Waals surface area contributed by atoms with E-state index in [0.29, 0.717) is 0 Å². The van der Waals surface area contributed by atoms with E-state index >= 15 is 0 Å². The summed E-state index contributed by atoms with van der Waals surface area (Å²) in [5.74, 6) is 0. The van der Waals surface area contributed by atoms with Gasteiger partial charge < -0.3 is 0 Å². The second-order valence-corrected chi connectivity index (χ2v) is 4.56. The Bertz CT molecular complexity index is 560. The zero-order valence-corrected chi connectivity index (χ0v) is 8.55. The molecule has 0 bridgehead atoms. The summed E-state index contributed by atoms with van der Waals surface area (Å²) in [4.78, 5) is 0.00588. The fourth-order valence-electron chi connectivity index (χ4n) is 1.18. The van der Waals surface area contributed by atoms with Crippen molar-refractivity contribution in [2.24, 2.45) is 5.14 Å². The van der Waals surface area contributed by atoms with E-state index < -0.39 is 10.0 Å². The minimum Gasteiger partial charge on any atom is -0.240 e. The average Bonchev–Trinajstić information content (AvgIpc) is 2.67. The van der Waals surface area contributed by atoms with Gasteiger partial charge in [0.25, 0.3) is 0 Å². The molecule has 0 radical (unpaired) electrons. The van der Waals surface area contributed by atoms with Crippen molar-refractivity contribution in [3.63, 3.8) is 0 Å². The maximum Gasteiger partial charge on any atom is 0.241 e. The van der Waals surface area contributed by atoms with Crippen LogP contribution in [0.3, 0.4) is 0 Å². The summed E-state index contributed by atoms with van der Waals surface area (Å²) < 4.78 is 23.5. The van der Waals surface area contributed by atoms with Crippen LogP contribution in [0.4, 0.5) is 0 Å². The minimum absolute atomic E-state index is 0.00588. The van der Waals surface area contributed by atoms with Gasteiger partial charge in [0.1, 0.15) is 4.90 Å². The van der Waals surface area contributed by atoms with Crippen molar-refractivity contribution in [3.8, 4) is 5.69 Å². The third kappa shape index (κ3) is 2.05. The maximum absolute atomic E-state index is 11.0. The van der Waals surface area contributed by atoms with Gasteiger partial charge >= 0.3 is 0 Å². The van der Waals surface area contributed by atoms with Gasteiger partial charge in [-0.1, -0.05) is 18.2 Å². The van der Waals surface area contributed by atoms with E-state index in [-0.39, 0.29) is 4.90 Å². The van der Waals surface area contributed by atoms with Crippen LogP contribution < -0.4 is 5.14 Å². The van der Waals surface area contributed by atoms with Gasteiger partial charge in [0.05, 0.1) is 18.1 Å². The second kappa shape index (κ2) is 3.48. The minimum atomic E-state index is -3.67. The molecule has 0 aliphatic rings. The molecule has 5 nitrogen and oxygen atoms in total. The van der Waals surface area contributed by atoms with E-state index in [0.717, 1.165) is 5.69 Å². The van der Waals surface area contributed by atoms with Gasteiger partial charge in [-0.05, 0) is 12.1 Å². The van der Waals surface area contributed by atoms with E-state index in [2.05, 4.69) is 5.10 Å². The lowest BCUT2D eigenvalue weighted by Gasteiger charge is -1.98. The summed E-state index contributed by atoms with van der Waals surface area (Å²) >= 11 is 0. The molecule has 1 aromatic heterocycles. The maximum atomic E-state index is 11.0. The van der Waals surface area contributed by atoms with Crippen LogP contribution in [0.15, 0.2) is 47.6 Å². The molecule has 6 heteroatoms. The number of para-hydroxylation sites is 1. The van der Waals surface area contributed by atoms with Crippen molar-refractivity contribution in [3.05, 3.63) is 42.7 Å². The normalized spacial score (nSPS) is 11.5. The van der Waals surface area contributed by atoms with Crippen molar-refractivity contribution in [2.45, 2.75) is 4.90 Å². The van der Waals surface area contributed by atoms with Crippen LogP contribution in [0, 0.1) is 0 Å². The quantitative estimate of drug-likeness (QED) is 0.806. The molecule has 0 atom stereocenters. The molecule has 0 amide bonds. The van der Waals surface area contributed by atoms with Crippen molar-refractivity contribution in [2.75, 3.05) is 0 Å². The molecule has 2 N–H and O–H groups in total. The topological polar surface area (TPSA) is 78.0 Å². The Hall–Kier alpha value is -1.66. The molecule has 1 aromatic carbocycles. The first-order valence-electron chi connectivity index (χ1n) is 4.20. The van der Waals surface area contributed by atoms with Gasteiger partial charge in [0.15, 0.2) is 0 Å². The number of primary sulfonamides is 1. The van der Waals surface area contributed by atoms with Gasteiger partial charge in [-0.15, -0.1) is 0 Å². The molecule has 0 saturated carbocycles. The second-order valence-electron chi connectivity index (χ2n) is 3.00. The molecular formula is C9H9N3O2S. The van der Waals surface area contributed by atoms with Crippen molar-refractivity contribution >= 4 is 10.0 Å². The zero-order chi connectivity index (χ0) is 10.9. The Morgan fingerprint density at radius 2 is 1.87 bits per heavy atom. The van der Waals surface area contributed by atoms with Crippen LogP contribution in [-0.4, -0.2) is 18.2 Å². The Labute approximate surface area is 87.2 Å². The van der Waals surface area contributed by atoms with E-state index in [1.165, 1.54) is 17.1 Å². The number of hydrogen-bond acceptors (Lipinski definition) is 3. The van der Waals surface area contributed by atoms with Gasteiger partial charge in [-0.25, -0.2) is 18.2 Å². The summed E-state index contributed by atoms with van der Waals surface area (Å²) in [6.45, 7) is 0. The molecule has 0 aliphatic heterocycles. The van der Waals surface area contributed by atoms with Crippen LogP contribution in [0.1, 0.15) is 0 Å². The molecule has 0 fully saturated rings. The first-order valence-corrected chi connectivity index (χ1v) is 5.75. The van der Waals surface area contributed by atoms with E-state index in [1.54, 1.807) is 0 Å². The van der Waals surface area contributed by atoms with Crippen LogP contribution in [0.25, 0.3) is 5.69 Å². The van der Waals surface area contributed by atoms with Crippen LogP contribution >= 0.6 is 0 Å². The Kier molecular flexibility index (Phi) is 2.29. The Morgan fingerprint density at radius 1 is 1.20 bits per heavy atom. The molecule has 15 heavy (non-hydrogen) atoms. The van der Waals surface area contributed by atoms with Gasteiger partial charge in [0.2, 0.25) is 10.0 Å². The van der Waals surface area contributed by atoms with Crippen LogP contribution in [0.5, 0.6) is 0 Å². The standard InChI is InChI=1S/C9H9N3O2S/c10-15(13,14)9-6-11-12(7-9)8-4-2-1-3-5-8/h1-7H,(H2,10,13,14). The Morgan fingerprint density at radius 3 is 2.40 bits per heavy atom. The largest absolute Gasteiger partial charge is 0.241 e. The van der Waals surface area contributed by atoms with E-state index in [9.17, 15) is 8.42 Å². The fourth-order valence-corrected chi connectivity index (χ4v) is 1.62. The monoisotopic (exact) mass is 223 g/mol. The number of nitrogens with zero attached hydrogens (tertiary/aromatic N) is 2. The van der Waals surface area contributed by atoms with E-state index in [1.807, 2.05) is 30.3 Å². The zero-order valence-electron chi connectivity index (χ0n) is 7.74. The predicted octanol–water partition coefficient (Wildman–Crippen LogP) is 0.520. The molecule has 0 saturated heterocycles. The van der Waals surface area contributed by atoms with Crippen molar-refractivity contribution in [1.29, 1.82) is 0 Å². The van der Waals surface area contributed by atoms with Crippen molar-refractivity contribution in [1.82, 2.24) is 9.78 Å². The summed E-state index contributed by atoms with van der Waals surface area (Å²) in [5, 5.41) is 8.88. The smallest absolute Gasteiger partial charge is 0.240 e. The fraction of sp³-hybridized carbons (Fsp3) is 0. The molecule has 0 unspecified atom stereocenters. The van der Waals surface area contributed by atoms with Gasteiger partial charge in [-0.2, -0.15) is 5.10 Å². The van der Waals surface area contributed by atoms with Gasteiger partial charge in [-0.3, -0.25) is 0 Å².